The van der Waals surface area contributed by atoms with Crippen molar-refractivity contribution in [3.8, 4) is 12.3 Å². The summed E-state index contributed by atoms with van der Waals surface area (Å²) in [5, 5.41) is 5.62. The molecule has 5 nitrogen and oxygen atoms in total. The second-order valence-electron chi connectivity index (χ2n) is 4.81. The van der Waals surface area contributed by atoms with Gasteiger partial charge in [-0.2, -0.15) is 0 Å². The van der Waals surface area contributed by atoms with Gasteiger partial charge in [0.05, 0.1) is 25.0 Å². The Morgan fingerprint density at radius 3 is 2.80 bits per heavy atom. The Morgan fingerprint density at radius 1 is 1.35 bits per heavy atom. The molecule has 0 aromatic carbocycles. The molecular weight excluding hydrogens is 252 g/mol. The van der Waals surface area contributed by atoms with Crippen LogP contribution in [0.2, 0.25) is 0 Å². The maximum Gasteiger partial charge on any atom is 0.238 e. The van der Waals surface area contributed by atoms with Crippen LogP contribution in [0.5, 0.6) is 0 Å². The summed E-state index contributed by atoms with van der Waals surface area (Å²) in [4.78, 5) is 18.3. The van der Waals surface area contributed by atoms with Crippen LogP contribution < -0.4 is 15.5 Å². The van der Waals surface area contributed by atoms with Crippen molar-refractivity contribution in [3.05, 3.63) is 18.3 Å². The summed E-state index contributed by atoms with van der Waals surface area (Å²) in [6.45, 7) is 2.72. The maximum absolute atomic E-state index is 11.6. The molecule has 1 aliphatic heterocycles. The third-order valence-corrected chi connectivity index (χ3v) is 3.22. The first-order valence-electron chi connectivity index (χ1n) is 6.94. The van der Waals surface area contributed by atoms with Crippen molar-refractivity contribution < 1.29 is 4.79 Å². The minimum Gasteiger partial charge on any atom is -0.357 e. The van der Waals surface area contributed by atoms with Gasteiger partial charge < -0.3 is 10.2 Å². The second kappa shape index (κ2) is 7.51. The van der Waals surface area contributed by atoms with E-state index in [9.17, 15) is 4.79 Å². The Labute approximate surface area is 119 Å². The van der Waals surface area contributed by atoms with Crippen molar-refractivity contribution in [3.63, 3.8) is 0 Å². The lowest BCUT2D eigenvalue weighted by atomic mass is 10.1. The average Bonchev–Trinajstić information content (AvgIpc) is 2.49. The van der Waals surface area contributed by atoms with Crippen LogP contribution in [0.1, 0.15) is 19.3 Å². The Kier molecular flexibility index (Phi) is 5.39. The van der Waals surface area contributed by atoms with Crippen LogP contribution in [-0.4, -0.2) is 37.1 Å². The number of nitrogens with zero attached hydrogens (tertiary/aromatic N) is 2. The van der Waals surface area contributed by atoms with E-state index in [1.54, 1.807) is 6.20 Å². The molecule has 2 heterocycles. The van der Waals surface area contributed by atoms with E-state index in [0.29, 0.717) is 12.2 Å². The highest BCUT2D eigenvalue weighted by molar-refractivity contribution is 5.92. The van der Waals surface area contributed by atoms with E-state index in [0.717, 1.165) is 18.9 Å². The SMILES string of the molecule is C#CCNCC(=O)Nc1ccc(N2CCCCC2)nc1. The Hall–Kier alpha value is -2.06. The predicted octanol–water partition coefficient (Wildman–Crippen LogP) is 1.23. The Morgan fingerprint density at radius 2 is 2.15 bits per heavy atom. The van der Waals surface area contributed by atoms with Crippen molar-refractivity contribution in [2.24, 2.45) is 0 Å². The van der Waals surface area contributed by atoms with Gasteiger partial charge in [-0.05, 0) is 31.4 Å². The quantitative estimate of drug-likeness (QED) is 0.625. The monoisotopic (exact) mass is 272 g/mol. The number of pyridine rings is 1. The molecule has 5 heteroatoms. The molecule has 2 N–H and O–H groups in total. The molecule has 1 aliphatic rings. The molecular formula is C15H20N4O. The molecule has 20 heavy (non-hydrogen) atoms. The fraction of sp³-hybridized carbons (Fsp3) is 0.467. The third-order valence-electron chi connectivity index (χ3n) is 3.22. The lowest BCUT2D eigenvalue weighted by Crippen LogP contribution is -2.30. The van der Waals surface area contributed by atoms with Gasteiger partial charge in [-0.3, -0.25) is 10.1 Å². The number of aromatic nitrogens is 1. The van der Waals surface area contributed by atoms with Gasteiger partial charge in [0.15, 0.2) is 0 Å². The summed E-state index contributed by atoms with van der Waals surface area (Å²) < 4.78 is 0. The summed E-state index contributed by atoms with van der Waals surface area (Å²) >= 11 is 0. The largest absolute Gasteiger partial charge is 0.357 e. The van der Waals surface area contributed by atoms with Crippen LogP contribution in [0.25, 0.3) is 0 Å². The van der Waals surface area contributed by atoms with Crippen LogP contribution in [0.4, 0.5) is 11.5 Å². The minimum absolute atomic E-state index is 0.118. The number of anilines is 2. The summed E-state index contributed by atoms with van der Waals surface area (Å²) in [6.07, 6.45) is 10.5. The van der Waals surface area contributed by atoms with Gasteiger partial charge >= 0.3 is 0 Å². The fourth-order valence-electron chi connectivity index (χ4n) is 2.22. The van der Waals surface area contributed by atoms with Crippen molar-refractivity contribution in [1.82, 2.24) is 10.3 Å². The van der Waals surface area contributed by atoms with Gasteiger partial charge in [0.25, 0.3) is 0 Å². The summed E-state index contributed by atoms with van der Waals surface area (Å²) in [6, 6.07) is 3.84. The predicted molar refractivity (Wildman–Crippen MR) is 80.6 cm³/mol. The molecule has 0 bridgehead atoms. The summed E-state index contributed by atoms with van der Waals surface area (Å²) in [5.74, 6) is 3.28. The van der Waals surface area contributed by atoms with E-state index in [4.69, 9.17) is 6.42 Å². The van der Waals surface area contributed by atoms with Gasteiger partial charge in [0.1, 0.15) is 5.82 Å². The highest BCUT2D eigenvalue weighted by Crippen LogP contribution is 2.18. The number of piperidine rings is 1. The van der Waals surface area contributed by atoms with Gasteiger partial charge in [0.2, 0.25) is 5.91 Å². The fourth-order valence-corrected chi connectivity index (χ4v) is 2.22. The number of hydrogen-bond donors (Lipinski definition) is 2. The van der Waals surface area contributed by atoms with Gasteiger partial charge in [0, 0.05) is 13.1 Å². The van der Waals surface area contributed by atoms with Crippen LogP contribution in [0.3, 0.4) is 0 Å². The lowest BCUT2D eigenvalue weighted by molar-refractivity contribution is -0.115. The van der Waals surface area contributed by atoms with Crippen molar-refractivity contribution in [2.75, 3.05) is 36.4 Å². The third kappa shape index (κ3) is 4.25. The van der Waals surface area contributed by atoms with E-state index >= 15 is 0 Å². The Balaban J connectivity index is 1.84. The first-order chi connectivity index (χ1) is 9.79. The number of amides is 1. The highest BCUT2D eigenvalue weighted by Gasteiger charge is 2.11. The molecule has 0 aliphatic carbocycles. The average molecular weight is 272 g/mol. The first-order valence-corrected chi connectivity index (χ1v) is 6.94. The van der Waals surface area contributed by atoms with Crippen LogP contribution in [0, 0.1) is 12.3 Å². The zero-order chi connectivity index (χ0) is 14.2. The molecule has 1 saturated heterocycles. The maximum atomic E-state index is 11.6. The van der Waals surface area contributed by atoms with Crippen LogP contribution >= 0.6 is 0 Å². The smallest absolute Gasteiger partial charge is 0.238 e. The molecule has 1 fully saturated rings. The topological polar surface area (TPSA) is 57.3 Å². The number of hydrogen-bond acceptors (Lipinski definition) is 4. The molecule has 1 aromatic heterocycles. The van der Waals surface area contributed by atoms with Gasteiger partial charge in [-0.15, -0.1) is 6.42 Å². The zero-order valence-electron chi connectivity index (χ0n) is 11.6. The molecule has 106 valence electrons. The van der Waals surface area contributed by atoms with E-state index in [1.165, 1.54) is 19.3 Å². The molecule has 1 amide bonds. The molecule has 2 rings (SSSR count). The Bertz CT molecular complexity index is 472. The van der Waals surface area contributed by atoms with Gasteiger partial charge in [-0.25, -0.2) is 4.98 Å². The minimum atomic E-state index is -0.118. The molecule has 0 unspecified atom stereocenters. The molecule has 0 saturated carbocycles. The van der Waals surface area contributed by atoms with E-state index in [-0.39, 0.29) is 12.5 Å². The van der Waals surface area contributed by atoms with Crippen molar-refractivity contribution in [2.45, 2.75) is 19.3 Å². The van der Waals surface area contributed by atoms with Gasteiger partial charge in [-0.1, -0.05) is 5.92 Å². The zero-order valence-corrected chi connectivity index (χ0v) is 11.6. The number of carbonyl (C=O) groups excluding carboxylic acids is 1. The number of carbonyl (C=O) groups is 1. The standard InChI is InChI=1S/C15H20N4O/c1-2-8-16-12-15(20)18-13-6-7-14(17-11-13)19-9-4-3-5-10-19/h1,6-7,11,16H,3-5,8-10,12H2,(H,18,20). The summed E-state index contributed by atoms with van der Waals surface area (Å²) in [5.41, 5.74) is 0.707. The first kappa shape index (κ1) is 14.4. The highest BCUT2D eigenvalue weighted by atomic mass is 16.1. The lowest BCUT2D eigenvalue weighted by Gasteiger charge is -2.27. The molecule has 1 aromatic rings. The van der Waals surface area contributed by atoms with Crippen LogP contribution in [0.15, 0.2) is 18.3 Å². The second-order valence-corrected chi connectivity index (χ2v) is 4.81. The van der Waals surface area contributed by atoms with Crippen molar-refractivity contribution in [1.29, 1.82) is 0 Å². The molecule has 0 radical (unpaired) electrons. The number of rotatable bonds is 5. The van der Waals surface area contributed by atoms with Crippen molar-refractivity contribution >= 4 is 17.4 Å². The normalized spacial score (nSPS) is 14.7. The number of terminal acetylenes is 1. The van der Waals surface area contributed by atoms with E-state index in [1.807, 2.05) is 12.1 Å². The number of nitrogens with one attached hydrogen (secondary N) is 2. The van der Waals surface area contributed by atoms with E-state index in [2.05, 4.69) is 26.4 Å². The molecule has 0 spiro atoms. The van der Waals surface area contributed by atoms with Crippen LogP contribution in [-0.2, 0) is 4.79 Å². The summed E-state index contributed by atoms with van der Waals surface area (Å²) in [7, 11) is 0. The molecule has 0 atom stereocenters. The van der Waals surface area contributed by atoms with E-state index < -0.39 is 0 Å².